The maximum Gasteiger partial charge on any atom is 0.311 e. The lowest BCUT2D eigenvalue weighted by Crippen LogP contribution is -2.44. The predicted molar refractivity (Wildman–Crippen MR) is 130 cm³/mol. The van der Waals surface area contributed by atoms with Crippen LogP contribution in [0.25, 0.3) is 0 Å². The van der Waals surface area contributed by atoms with Gasteiger partial charge in [0.05, 0.1) is 12.8 Å². The minimum atomic E-state index is -1.28. The number of benzene rings is 2. The number of rotatable bonds is 9. The zero-order valence-corrected chi connectivity index (χ0v) is 20.9. The summed E-state index contributed by atoms with van der Waals surface area (Å²) in [5.41, 5.74) is 0.956. The van der Waals surface area contributed by atoms with Crippen LogP contribution in [0.4, 0.5) is 17.6 Å². The van der Waals surface area contributed by atoms with Crippen LogP contribution >= 0.6 is 0 Å². The highest BCUT2D eigenvalue weighted by Gasteiger charge is 2.24. The molecule has 3 rings (SSSR count). The number of esters is 1. The normalized spacial score (nSPS) is 11.3. The maximum atomic E-state index is 13.9. The third-order valence-corrected chi connectivity index (χ3v) is 5.10. The number of hydrogen-bond acceptors (Lipinski definition) is 7. The van der Waals surface area contributed by atoms with Gasteiger partial charge in [0, 0.05) is 41.9 Å². The summed E-state index contributed by atoms with van der Waals surface area (Å²) in [5, 5.41) is 6.17. The summed E-state index contributed by atoms with van der Waals surface area (Å²) < 4.78 is 65.7. The molecule has 2 aromatic carbocycles. The Morgan fingerprint density at radius 2 is 1.49 bits per heavy atom. The fraction of sp³-hybridized carbons (Fsp3) is 0.192. The highest BCUT2D eigenvalue weighted by molar-refractivity contribution is 6.13. The molecule has 0 unspecified atom stereocenters. The lowest BCUT2D eigenvalue weighted by molar-refractivity contribution is -0.134. The summed E-state index contributed by atoms with van der Waals surface area (Å²) in [6, 6.07) is 4.69. The molecule has 39 heavy (non-hydrogen) atoms. The second kappa shape index (κ2) is 12.6. The third-order valence-electron chi connectivity index (χ3n) is 5.10. The summed E-state index contributed by atoms with van der Waals surface area (Å²) in [6.07, 6.45) is 1.23. The molecule has 0 fully saturated rings. The minimum absolute atomic E-state index is 0.00266. The van der Waals surface area contributed by atoms with Gasteiger partial charge in [0.1, 0.15) is 29.3 Å². The second-order valence-corrected chi connectivity index (χ2v) is 7.97. The molecular formula is C26H22F4N4O5. The van der Waals surface area contributed by atoms with E-state index in [4.69, 9.17) is 9.47 Å². The Morgan fingerprint density at radius 3 is 1.97 bits per heavy atom. The van der Waals surface area contributed by atoms with Gasteiger partial charge in [-0.2, -0.15) is 5.10 Å². The van der Waals surface area contributed by atoms with Crippen LogP contribution in [0.2, 0.25) is 0 Å². The fourth-order valence-electron chi connectivity index (χ4n) is 3.25. The van der Waals surface area contributed by atoms with Crippen LogP contribution in [-0.2, 0) is 9.59 Å². The van der Waals surface area contributed by atoms with Crippen molar-refractivity contribution in [1.29, 1.82) is 0 Å². The number of ether oxygens (including phenoxy) is 2. The molecule has 13 heteroatoms. The van der Waals surface area contributed by atoms with Crippen LogP contribution in [0.3, 0.4) is 0 Å². The number of halogens is 4. The van der Waals surface area contributed by atoms with Crippen LogP contribution in [0.1, 0.15) is 41.9 Å². The van der Waals surface area contributed by atoms with Gasteiger partial charge in [0.2, 0.25) is 5.75 Å². The third kappa shape index (κ3) is 7.37. The van der Waals surface area contributed by atoms with Crippen molar-refractivity contribution in [2.45, 2.75) is 26.3 Å². The first-order valence-corrected chi connectivity index (χ1v) is 11.4. The number of nitrogens with zero attached hydrogens (tertiary/aromatic N) is 2. The van der Waals surface area contributed by atoms with E-state index in [0.29, 0.717) is 12.1 Å². The molecule has 0 aliphatic carbocycles. The smallest absolute Gasteiger partial charge is 0.311 e. The van der Waals surface area contributed by atoms with Gasteiger partial charge in [-0.25, -0.2) is 28.0 Å². The molecule has 9 nitrogen and oxygen atoms in total. The largest absolute Gasteiger partial charge is 0.493 e. The lowest BCUT2D eigenvalue weighted by Gasteiger charge is -2.16. The molecule has 0 radical (unpaired) electrons. The van der Waals surface area contributed by atoms with E-state index in [-0.39, 0.29) is 40.5 Å². The topological polar surface area (TPSA) is 119 Å². The van der Waals surface area contributed by atoms with Crippen LogP contribution in [-0.4, -0.2) is 41.6 Å². The molecule has 1 atom stereocenters. The zero-order valence-electron chi connectivity index (χ0n) is 20.9. The van der Waals surface area contributed by atoms with Crippen molar-refractivity contribution in [3.8, 4) is 11.5 Å². The summed E-state index contributed by atoms with van der Waals surface area (Å²) in [5.74, 6) is -6.65. The Kier molecular flexibility index (Phi) is 9.31. The molecule has 3 aromatic rings. The molecule has 0 bridgehead atoms. The van der Waals surface area contributed by atoms with E-state index in [1.54, 1.807) is 6.92 Å². The average Bonchev–Trinajstić information content (AvgIpc) is 2.87. The van der Waals surface area contributed by atoms with Gasteiger partial charge < -0.3 is 14.8 Å². The molecule has 0 saturated heterocycles. The standard InChI is InChI=1S/C26H22F4N4O5/c1-4-21(35)39-24-20(38-3)5-6-31-23(24)26(37)32-13(2)25(36)34-33-22(14-7-16(27)11-17(28)8-14)15-9-18(29)12-19(30)10-15/h5-13H,4H2,1-3H3,(H,32,37)(H,34,36)/t13-/m0/s1. The van der Waals surface area contributed by atoms with Crippen LogP contribution in [0.5, 0.6) is 11.5 Å². The predicted octanol–water partition coefficient (Wildman–Crippen LogP) is 3.65. The number of hydrogen-bond donors (Lipinski definition) is 2. The Hall–Kier alpha value is -4.81. The molecule has 2 amide bonds. The summed E-state index contributed by atoms with van der Waals surface area (Å²) in [6.45, 7) is 2.83. The van der Waals surface area contributed by atoms with Crippen molar-refractivity contribution in [1.82, 2.24) is 15.7 Å². The number of aromatic nitrogens is 1. The van der Waals surface area contributed by atoms with Crippen molar-refractivity contribution < 1.29 is 41.4 Å². The highest BCUT2D eigenvalue weighted by Crippen LogP contribution is 2.30. The number of carbonyl (C=O) groups excluding carboxylic acids is 3. The number of methoxy groups -OCH3 is 1. The quantitative estimate of drug-likeness (QED) is 0.183. The van der Waals surface area contributed by atoms with E-state index in [9.17, 15) is 31.9 Å². The highest BCUT2D eigenvalue weighted by atomic mass is 19.1. The summed E-state index contributed by atoms with van der Waals surface area (Å²) >= 11 is 0. The molecule has 0 aliphatic rings. The molecule has 204 valence electrons. The number of hydrazone groups is 1. The number of carbonyl (C=O) groups is 3. The summed E-state index contributed by atoms with van der Waals surface area (Å²) in [7, 11) is 1.29. The SMILES string of the molecule is CCC(=O)Oc1c(OC)ccnc1C(=O)N[C@@H](C)C(=O)NN=C(c1cc(F)cc(F)c1)c1cc(F)cc(F)c1. The van der Waals surface area contributed by atoms with Gasteiger partial charge in [-0.15, -0.1) is 0 Å². The fourth-order valence-corrected chi connectivity index (χ4v) is 3.25. The van der Waals surface area contributed by atoms with Crippen molar-refractivity contribution >= 4 is 23.5 Å². The van der Waals surface area contributed by atoms with Crippen molar-refractivity contribution in [3.63, 3.8) is 0 Å². The molecule has 0 aliphatic heterocycles. The Balaban J connectivity index is 1.87. The Morgan fingerprint density at radius 1 is 0.949 bits per heavy atom. The van der Waals surface area contributed by atoms with E-state index in [1.165, 1.54) is 26.3 Å². The molecule has 0 spiro atoms. The molecule has 0 saturated carbocycles. The van der Waals surface area contributed by atoms with Gasteiger partial charge >= 0.3 is 5.97 Å². The molecular weight excluding hydrogens is 524 g/mol. The van der Waals surface area contributed by atoms with Crippen molar-refractivity contribution in [2.24, 2.45) is 5.10 Å². The van der Waals surface area contributed by atoms with Crippen molar-refractivity contribution in [2.75, 3.05) is 7.11 Å². The van der Waals surface area contributed by atoms with Gasteiger partial charge in [-0.3, -0.25) is 14.4 Å². The van der Waals surface area contributed by atoms with E-state index in [1.807, 2.05) is 0 Å². The average molecular weight is 546 g/mol. The Bertz CT molecular complexity index is 1350. The minimum Gasteiger partial charge on any atom is -0.493 e. The van der Waals surface area contributed by atoms with E-state index < -0.39 is 47.1 Å². The summed E-state index contributed by atoms with van der Waals surface area (Å²) in [4.78, 5) is 41.3. The van der Waals surface area contributed by atoms with Gasteiger partial charge in [0.15, 0.2) is 11.4 Å². The van der Waals surface area contributed by atoms with Gasteiger partial charge in [0.25, 0.3) is 11.8 Å². The van der Waals surface area contributed by atoms with Crippen LogP contribution in [0, 0.1) is 23.3 Å². The first kappa shape index (κ1) is 28.8. The lowest BCUT2D eigenvalue weighted by atomic mass is 10.0. The number of nitrogens with one attached hydrogen (secondary N) is 2. The number of pyridine rings is 1. The molecule has 2 N–H and O–H groups in total. The second-order valence-electron chi connectivity index (χ2n) is 7.97. The first-order valence-electron chi connectivity index (χ1n) is 11.4. The van der Waals surface area contributed by atoms with E-state index in [2.05, 4.69) is 20.8 Å². The zero-order chi connectivity index (χ0) is 28.7. The van der Waals surface area contributed by atoms with Gasteiger partial charge in [-0.05, 0) is 31.2 Å². The molecule has 1 heterocycles. The first-order chi connectivity index (χ1) is 18.5. The Labute approximate surface area is 219 Å². The van der Waals surface area contributed by atoms with Crippen LogP contribution in [0.15, 0.2) is 53.8 Å². The van der Waals surface area contributed by atoms with Gasteiger partial charge in [-0.1, -0.05) is 6.92 Å². The van der Waals surface area contributed by atoms with Crippen molar-refractivity contribution in [3.05, 3.63) is 88.8 Å². The van der Waals surface area contributed by atoms with E-state index in [0.717, 1.165) is 24.3 Å². The monoisotopic (exact) mass is 546 g/mol. The van der Waals surface area contributed by atoms with Crippen LogP contribution < -0.4 is 20.2 Å². The number of amides is 2. The van der Waals surface area contributed by atoms with E-state index >= 15 is 0 Å². The maximum absolute atomic E-state index is 13.9. The molecule has 1 aromatic heterocycles.